The Hall–Kier alpha value is -5.87. The number of aromatic nitrogens is 2. The molecule has 1 heterocycles. The summed E-state index contributed by atoms with van der Waals surface area (Å²) in [7, 11) is 0. The number of nitrogens with one attached hydrogen (secondary N) is 2. The Morgan fingerprint density at radius 1 is 0.733 bits per heavy atom. The minimum atomic E-state index is -0.983. The molecule has 5 aromatic rings. The standard InChI is InChI=1S/C35H31N5O5/c36-22-24-13-15-27(16-14-24)32(41)40-31(20-26-9-4-12-30(19-26)45-35-37-17-6-18-38-35)33(42)39-29-11-5-10-28(21-29)34(43)44-23-25-7-2-1-3-8-25/h1-19,21,31H,20,22-23,36H2,(H,39,42)(H,40,41). The molecule has 45 heavy (non-hydrogen) atoms. The van der Waals surface area contributed by atoms with Crippen LogP contribution in [0.3, 0.4) is 0 Å². The summed E-state index contributed by atoms with van der Waals surface area (Å²) in [6.07, 6.45) is 3.28. The summed E-state index contributed by atoms with van der Waals surface area (Å²) < 4.78 is 11.2. The van der Waals surface area contributed by atoms with Crippen LogP contribution in [0.4, 0.5) is 5.69 Å². The van der Waals surface area contributed by atoms with Crippen molar-refractivity contribution in [1.82, 2.24) is 15.3 Å². The van der Waals surface area contributed by atoms with Crippen LogP contribution in [0.1, 0.15) is 37.4 Å². The van der Waals surface area contributed by atoms with E-state index in [1.807, 2.05) is 36.4 Å². The monoisotopic (exact) mass is 601 g/mol. The van der Waals surface area contributed by atoms with E-state index in [4.69, 9.17) is 15.2 Å². The van der Waals surface area contributed by atoms with Gasteiger partial charge in [-0.2, -0.15) is 0 Å². The maximum Gasteiger partial charge on any atom is 0.338 e. The van der Waals surface area contributed by atoms with E-state index >= 15 is 0 Å². The van der Waals surface area contributed by atoms with Crippen molar-refractivity contribution in [2.24, 2.45) is 5.73 Å². The summed E-state index contributed by atoms with van der Waals surface area (Å²) in [5.41, 5.74) is 9.18. The molecule has 10 heteroatoms. The Balaban J connectivity index is 1.32. The molecule has 4 N–H and O–H groups in total. The zero-order valence-corrected chi connectivity index (χ0v) is 24.3. The van der Waals surface area contributed by atoms with Gasteiger partial charge in [0.1, 0.15) is 18.4 Å². The molecule has 1 atom stereocenters. The van der Waals surface area contributed by atoms with Gasteiger partial charge >= 0.3 is 12.0 Å². The number of amides is 2. The SMILES string of the molecule is NCc1ccc(C(=O)NC(Cc2cccc(Oc3ncccn3)c2)C(=O)Nc2cccc(C(=O)OCc3ccccc3)c2)cc1. The molecule has 4 aromatic carbocycles. The summed E-state index contributed by atoms with van der Waals surface area (Å²) in [5.74, 6) is -0.959. The zero-order valence-electron chi connectivity index (χ0n) is 24.3. The molecule has 0 fully saturated rings. The molecule has 0 aliphatic heterocycles. The first-order valence-corrected chi connectivity index (χ1v) is 14.2. The number of anilines is 1. The van der Waals surface area contributed by atoms with E-state index in [-0.39, 0.29) is 24.6 Å². The molecule has 10 nitrogen and oxygen atoms in total. The van der Waals surface area contributed by atoms with E-state index in [2.05, 4.69) is 20.6 Å². The first-order chi connectivity index (χ1) is 22.0. The normalized spacial score (nSPS) is 11.2. The average Bonchev–Trinajstić information content (AvgIpc) is 3.08. The molecule has 0 aliphatic rings. The van der Waals surface area contributed by atoms with Crippen LogP contribution in [0.5, 0.6) is 11.8 Å². The van der Waals surface area contributed by atoms with E-state index in [1.54, 1.807) is 79.1 Å². The van der Waals surface area contributed by atoms with Gasteiger partial charge in [-0.15, -0.1) is 0 Å². The van der Waals surface area contributed by atoms with Crippen LogP contribution in [-0.2, 0) is 29.1 Å². The molecule has 5 rings (SSSR count). The molecule has 1 aromatic heterocycles. The smallest absolute Gasteiger partial charge is 0.338 e. The van der Waals surface area contributed by atoms with Gasteiger partial charge in [0.2, 0.25) is 5.91 Å². The second kappa shape index (κ2) is 15.0. The van der Waals surface area contributed by atoms with Crippen LogP contribution < -0.4 is 21.1 Å². The molecule has 1 unspecified atom stereocenters. The summed E-state index contributed by atoms with van der Waals surface area (Å²) in [6, 6.07) is 30.6. The van der Waals surface area contributed by atoms with Crippen molar-refractivity contribution in [3.05, 3.63) is 149 Å². The molecule has 0 spiro atoms. The van der Waals surface area contributed by atoms with Crippen molar-refractivity contribution < 1.29 is 23.9 Å². The van der Waals surface area contributed by atoms with Gasteiger partial charge in [-0.1, -0.05) is 60.7 Å². The van der Waals surface area contributed by atoms with E-state index in [0.717, 1.165) is 16.7 Å². The van der Waals surface area contributed by atoms with Crippen LogP contribution in [0, 0.1) is 0 Å². The number of hydrogen-bond acceptors (Lipinski definition) is 8. The lowest BCUT2D eigenvalue weighted by atomic mass is 10.0. The third-order valence-corrected chi connectivity index (χ3v) is 6.74. The van der Waals surface area contributed by atoms with Crippen LogP contribution in [0.25, 0.3) is 0 Å². The number of esters is 1. The van der Waals surface area contributed by atoms with Gasteiger partial charge in [0.05, 0.1) is 5.56 Å². The van der Waals surface area contributed by atoms with E-state index in [0.29, 0.717) is 23.5 Å². The second-order valence-corrected chi connectivity index (χ2v) is 10.0. The molecule has 0 aliphatic carbocycles. The lowest BCUT2D eigenvalue weighted by Crippen LogP contribution is -2.45. The van der Waals surface area contributed by atoms with Crippen LogP contribution in [-0.4, -0.2) is 33.8 Å². The third kappa shape index (κ3) is 8.82. The highest BCUT2D eigenvalue weighted by molar-refractivity contribution is 6.02. The number of nitrogens with two attached hydrogens (primary N) is 1. The van der Waals surface area contributed by atoms with Crippen LogP contribution in [0.15, 0.2) is 122 Å². The van der Waals surface area contributed by atoms with Gasteiger partial charge in [0.15, 0.2) is 0 Å². The number of carbonyl (C=O) groups is 3. The van der Waals surface area contributed by atoms with Gasteiger partial charge in [0.25, 0.3) is 5.91 Å². The number of carbonyl (C=O) groups excluding carboxylic acids is 3. The highest BCUT2D eigenvalue weighted by atomic mass is 16.5. The summed E-state index contributed by atoms with van der Waals surface area (Å²) in [6.45, 7) is 0.466. The van der Waals surface area contributed by atoms with Gasteiger partial charge in [-0.05, 0) is 65.2 Å². The summed E-state index contributed by atoms with van der Waals surface area (Å²) in [4.78, 5) is 47.7. The predicted molar refractivity (Wildman–Crippen MR) is 168 cm³/mol. The molecular formula is C35H31N5O5. The third-order valence-electron chi connectivity index (χ3n) is 6.74. The lowest BCUT2D eigenvalue weighted by Gasteiger charge is -2.19. The highest BCUT2D eigenvalue weighted by Crippen LogP contribution is 2.20. The van der Waals surface area contributed by atoms with Crippen molar-refractivity contribution in [2.75, 3.05) is 5.32 Å². The fourth-order valence-corrected chi connectivity index (χ4v) is 4.42. The first kappa shape index (κ1) is 30.6. The number of rotatable bonds is 12. The number of ether oxygens (including phenoxy) is 2. The van der Waals surface area contributed by atoms with Crippen molar-refractivity contribution in [3.8, 4) is 11.8 Å². The molecular weight excluding hydrogens is 570 g/mol. The van der Waals surface area contributed by atoms with Crippen molar-refractivity contribution in [2.45, 2.75) is 25.6 Å². The molecule has 2 amide bonds. The van der Waals surface area contributed by atoms with Gasteiger partial charge in [0, 0.05) is 36.6 Å². The van der Waals surface area contributed by atoms with E-state index < -0.39 is 23.8 Å². The number of benzene rings is 4. The summed E-state index contributed by atoms with van der Waals surface area (Å²) >= 11 is 0. The Morgan fingerprint density at radius 2 is 1.47 bits per heavy atom. The molecule has 0 bridgehead atoms. The van der Waals surface area contributed by atoms with Gasteiger partial charge in [-0.25, -0.2) is 14.8 Å². The van der Waals surface area contributed by atoms with Gasteiger partial charge < -0.3 is 25.8 Å². The zero-order chi connectivity index (χ0) is 31.4. The lowest BCUT2D eigenvalue weighted by molar-refractivity contribution is -0.118. The Kier molecular flexibility index (Phi) is 10.2. The molecule has 0 saturated heterocycles. The maximum atomic E-state index is 13.6. The van der Waals surface area contributed by atoms with Crippen molar-refractivity contribution >= 4 is 23.5 Å². The topological polar surface area (TPSA) is 146 Å². The van der Waals surface area contributed by atoms with Crippen molar-refractivity contribution in [1.29, 1.82) is 0 Å². The Labute approximate surface area is 260 Å². The highest BCUT2D eigenvalue weighted by Gasteiger charge is 2.23. The molecule has 226 valence electrons. The predicted octanol–water partition coefficient (Wildman–Crippen LogP) is 5.06. The Bertz CT molecular complexity index is 1750. The average molecular weight is 602 g/mol. The van der Waals surface area contributed by atoms with Crippen molar-refractivity contribution in [3.63, 3.8) is 0 Å². The van der Waals surface area contributed by atoms with Crippen LogP contribution in [0.2, 0.25) is 0 Å². The van der Waals surface area contributed by atoms with Gasteiger partial charge in [-0.3, -0.25) is 9.59 Å². The number of hydrogen-bond donors (Lipinski definition) is 3. The second-order valence-electron chi connectivity index (χ2n) is 10.0. The fraction of sp³-hybridized carbons (Fsp3) is 0.114. The maximum absolute atomic E-state index is 13.6. The first-order valence-electron chi connectivity index (χ1n) is 14.2. The molecule has 0 radical (unpaired) electrons. The quantitative estimate of drug-likeness (QED) is 0.168. The fourth-order valence-electron chi connectivity index (χ4n) is 4.42. The summed E-state index contributed by atoms with van der Waals surface area (Å²) in [5, 5.41) is 5.68. The minimum Gasteiger partial charge on any atom is -0.457 e. The molecule has 0 saturated carbocycles. The van der Waals surface area contributed by atoms with E-state index in [1.165, 1.54) is 6.07 Å². The van der Waals surface area contributed by atoms with E-state index in [9.17, 15) is 14.4 Å². The Morgan fingerprint density at radius 3 is 2.22 bits per heavy atom. The largest absolute Gasteiger partial charge is 0.457 e. The van der Waals surface area contributed by atoms with Crippen LogP contribution >= 0.6 is 0 Å². The number of nitrogens with zero attached hydrogens (tertiary/aromatic N) is 2. The minimum absolute atomic E-state index is 0.121.